The number of rotatable bonds is 3. The number of carbonyl (C=O) groups is 1. The highest BCUT2D eigenvalue weighted by molar-refractivity contribution is 5.97. The molecule has 9 nitrogen and oxygen atoms in total. The second kappa shape index (κ2) is 7.66. The van der Waals surface area contributed by atoms with Crippen LogP contribution in [-0.2, 0) is 11.2 Å². The molecule has 3 N–H and O–H groups in total. The smallest absolute Gasteiger partial charge is 0.323 e. The van der Waals surface area contributed by atoms with Crippen molar-refractivity contribution in [1.82, 2.24) is 30.6 Å². The van der Waals surface area contributed by atoms with Gasteiger partial charge in [0.25, 0.3) is 0 Å². The van der Waals surface area contributed by atoms with Crippen LogP contribution in [0.5, 0.6) is 0 Å². The summed E-state index contributed by atoms with van der Waals surface area (Å²) < 4.78 is 6.02. The topological polar surface area (TPSA) is 108 Å². The van der Waals surface area contributed by atoms with Crippen LogP contribution in [0.1, 0.15) is 31.3 Å². The Labute approximate surface area is 174 Å². The highest BCUT2D eigenvalue weighted by atomic mass is 16.5. The summed E-state index contributed by atoms with van der Waals surface area (Å²) in [7, 11) is 0. The van der Waals surface area contributed by atoms with Crippen LogP contribution in [-0.4, -0.2) is 58.3 Å². The van der Waals surface area contributed by atoms with Gasteiger partial charge in [-0.25, -0.2) is 19.7 Å². The second-order valence-electron chi connectivity index (χ2n) is 7.60. The van der Waals surface area contributed by atoms with Gasteiger partial charge in [-0.05, 0) is 32.4 Å². The zero-order chi connectivity index (χ0) is 20.7. The van der Waals surface area contributed by atoms with Gasteiger partial charge in [0.1, 0.15) is 17.6 Å². The molecule has 2 aliphatic rings. The molecular formula is C21H25N7O2. The van der Waals surface area contributed by atoms with Crippen molar-refractivity contribution in [3.8, 4) is 11.3 Å². The summed E-state index contributed by atoms with van der Waals surface area (Å²) in [5.74, 6) is 1.27. The maximum absolute atomic E-state index is 12.7. The summed E-state index contributed by atoms with van der Waals surface area (Å²) in [6, 6.07) is 3.92. The Morgan fingerprint density at radius 1 is 1.37 bits per heavy atom. The number of nitrogens with one attached hydrogen (secondary N) is 3. The molecule has 2 aliphatic heterocycles. The lowest BCUT2D eigenvalue weighted by atomic mass is 10.0. The number of carbonyl (C=O) groups excluding carboxylic acids is 1. The van der Waals surface area contributed by atoms with E-state index in [-0.39, 0.29) is 18.2 Å². The Morgan fingerprint density at radius 3 is 3.10 bits per heavy atom. The molecule has 2 amide bonds. The number of H-pyrrole nitrogens is 1. The molecule has 3 aromatic rings. The van der Waals surface area contributed by atoms with Crippen molar-refractivity contribution >= 4 is 22.9 Å². The lowest BCUT2D eigenvalue weighted by Crippen LogP contribution is -2.42. The molecule has 1 fully saturated rings. The molecule has 0 aromatic carbocycles. The van der Waals surface area contributed by atoms with E-state index in [9.17, 15) is 4.79 Å². The molecule has 0 aliphatic carbocycles. The van der Waals surface area contributed by atoms with Crippen molar-refractivity contribution in [2.75, 3.05) is 31.1 Å². The number of anilines is 1. The molecule has 156 valence electrons. The summed E-state index contributed by atoms with van der Waals surface area (Å²) in [5, 5.41) is 7.31. The minimum Gasteiger partial charge on any atom is -0.367 e. The SMILES string of the molecule is CCNC(=O)N1CCc2c(-c3ccnc4[nH]ccc34)nc(C3OCCNC3C)nc21. The average Bonchev–Trinajstić information content (AvgIpc) is 3.40. The molecule has 30 heavy (non-hydrogen) atoms. The van der Waals surface area contributed by atoms with E-state index in [1.165, 1.54) is 0 Å². The first-order valence-electron chi connectivity index (χ1n) is 10.4. The number of morpholine rings is 1. The number of pyridine rings is 1. The van der Waals surface area contributed by atoms with Crippen molar-refractivity contribution in [3.63, 3.8) is 0 Å². The normalized spacial score (nSPS) is 21.1. The van der Waals surface area contributed by atoms with Crippen LogP contribution >= 0.6 is 0 Å². The Morgan fingerprint density at radius 2 is 2.27 bits per heavy atom. The fourth-order valence-electron chi connectivity index (χ4n) is 4.26. The van der Waals surface area contributed by atoms with Gasteiger partial charge in [-0.2, -0.15) is 0 Å². The first-order chi connectivity index (χ1) is 14.7. The molecule has 9 heteroatoms. The lowest BCUT2D eigenvalue weighted by molar-refractivity contribution is -0.00548. The number of ether oxygens (including phenoxy) is 1. The minimum absolute atomic E-state index is 0.0775. The van der Waals surface area contributed by atoms with Crippen molar-refractivity contribution < 1.29 is 9.53 Å². The van der Waals surface area contributed by atoms with Crippen LogP contribution in [0.3, 0.4) is 0 Å². The lowest BCUT2D eigenvalue weighted by Gasteiger charge is -2.30. The molecule has 0 spiro atoms. The summed E-state index contributed by atoms with van der Waals surface area (Å²) in [6.45, 7) is 6.52. The number of hydrogen-bond donors (Lipinski definition) is 3. The van der Waals surface area contributed by atoms with Gasteiger partial charge in [0.2, 0.25) is 0 Å². The fourth-order valence-corrected chi connectivity index (χ4v) is 4.26. The van der Waals surface area contributed by atoms with E-state index in [2.05, 4.69) is 27.5 Å². The van der Waals surface area contributed by atoms with Crippen LogP contribution in [0.4, 0.5) is 10.6 Å². The molecule has 0 radical (unpaired) electrons. The largest absolute Gasteiger partial charge is 0.367 e. The maximum Gasteiger partial charge on any atom is 0.323 e. The Kier molecular flexibility index (Phi) is 4.84. The van der Waals surface area contributed by atoms with Gasteiger partial charge in [-0.1, -0.05) is 0 Å². The number of urea groups is 1. The van der Waals surface area contributed by atoms with Gasteiger partial charge >= 0.3 is 6.03 Å². The van der Waals surface area contributed by atoms with E-state index in [0.29, 0.717) is 37.8 Å². The molecule has 5 heterocycles. The number of hydrogen-bond acceptors (Lipinski definition) is 6. The number of nitrogens with zero attached hydrogens (tertiary/aromatic N) is 4. The number of amides is 2. The van der Waals surface area contributed by atoms with Crippen LogP contribution < -0.4 is 15.5 Å². The van der Waals surface area contributed by atoms with Crippen LogP contribution in [0, 0.1) is 0 Å². The van der Waals surface area contributed by atoms with Crippen molar-refractivity contribution in [2.24, 2.45) is 0 Å². The highest BCUT2D eigenvalue weighted by Gasteiger charge is 2.34. The zero-order valence-corrected chi connectivity index (χ0v) is 17.1. The minimum atomic E-state index is -0.275. The predicted molar refractivity (Wildman–Crippen MR) is 113 cm³/mol. The van der Waals surface area contributed by atoms with E-state index in [0.717, 1.165) is 34.4 Å². The third-order valence-corrected chi connectivity index (χ3v) is 5.71. The van der Waals surface area contributed by atoms with E-state index in [1.54, 1.807) is 11.1 Å². The van der Waals surface area contributed by atoms with E-state index in [1.807, 2.05) is 25.3 Å². The van der Waals surface area contributed by atoms with Crippen LogP contribution in [0.2, 0.25) is 0 Å². The van der Waals surface area contributed by atoms with Crippen molar-refractivity contribution in [2.45, 2.75) is 32.4 Å². The Hall–Kier alpha value is -3.04. The third kappa shape index (κ3) is 3.10. The highest BCUT2D eigenvalue weighted by Crippen LogP contribution is 2.38. The van der Waals surface area contributed by atoms with Gasteiger partial charge in [0, 0.05) is 54.6 Å². The van der Waals surface area contributed by atoms with Gasteiger partial charge in [0.15, 0.2) is 5.82 Å². The van der Waals surface area contributed by atoms with Gasteiger partial charge in [0.05, 0.1) is 12.3 Å². The summed E-state index contributed by atoms with van der Waals surface area (Å²) in [4.78, 5) is 31.8. The monoisotopic (exact) mass is 407 g/mol. The third-order valence-electron chi connectivity index (χ3n) is 5.71. The molecule has 0 bridgehead atoms. The van der Waals surface area contributed by atoms with Crippen molar-refractivity contribution in [3.05, 3.63) is 35.9 Å². The fraction of sp³-hybridized carbons (Fsp3) is 0.429. The second-order valence-corrected chi connectivity index (χ2v) is 7.60. The molecule has 1 saturated heterocycles. The molecule has 2 atom stereocenters. The molecule has 2 unspecified atom stereocenters. The molecule has 5 rings (SSSR count). The number of aromatic amines is 1. The molecule has 3 aromatic heterocycles. The standard InChI is InChI=1S/C21H25N7O2/c1-3-22-21(29)28-10-6-15-16(13-4-7-24-18-14(13)5-8-25-18)26-19(27-20(15)28)17-12(2)23-9-11-30-17/h4-5,7-8,12,17,23H,3,6,9-11H2,1-2H3,(H,22,29)(H,24,25). The first-order valence-corrected chi connectivity index (χ1v) is 10.4. The van der Waals surface area contributed by atoms with E-state index in [4.69, 9.17) is 14.7 Å². The van der Waals surface area contributed by atoms with E-state index < -0.39 is 0 Å². The Bertz CT molecular complexity index is 1100. The summed E-state index contributed by atoms with van der Waals surface area (Å²) >= 11 is 0. The van der Waals surface area contributed by atoms with Gasteiger partial charge < -0.3 is 20.4 Å². The van der Waals surface area contributed by atoms with Gasteiger partial charge in [-0.15, -0.1) is 0 Å². The van der Waals surface area contributed by atoms with Gasteiger partial charge in [-0.3, -0.25) is 4.90 Å². The molecular weight excluding hydrogens is 382 g/mol. The molecule has 0 saturated carbocycles. The Balaban J connectivity index is 1.69. The summed E-state index contributed by atoms with van der Waals surface area (Å²) in [5.41, 5.74) is 3.62. The zero-order valence-electron chi connectivity index (χ0n) is 17.1. The quantitative estimate of drug-likeness (QED) is 0.614. The van der Waals surface area contributed by atoms with E-state index >= 15 is 0 Å². The first kappa shape index (κ1) is 19.0. The number of aromatic nitrogens is 4. The van der Waals surface area contributed by atoms with Crippen molar-refractivity contribution in [1.29, 1.82) is 0 Å². The van der Waals surface area contributed by atoms with Crippen LogP contribution in [0.15, 0.2) is 24.5 Å². The average molecular weight is 407 g/mol. The summed E-state index contributed by atoms with van der Waals surface area (Å²) in [6.07, 6.45) is 4.08. The number of fused-ring (bicyclic) bond motifs is 2. The predicted octanol–water partition coefficient (Wildman–Crippen LogP) is 2.16. The maximum atomic E-state index is 12.7. The van der Waals surface area contributed by atoms with Crippen LogP contribution in [0.25, 0.3) is 22.3 Å².